The summed E-state index contributed by atoms with van der Waals surface area (Å²) in [5.74, 6) is 0.845. The fourth-order valence-electron chi connectivity index (χ4n) is 1.54. The Labute approximate surface area is 134 Å². The molecule has 100 valence electrons. The number of benzene rings is 2. The van der Waals surface area contributed by atoms with Crippen LogP contribution in [0.2, 0.25) is 5.02 Å². The largest absolute Gasteiger partial charge is 0.492 e. The molecule has 0 aliphatic heterocycles. The van der Waals surface area contributed by atoms with Crippen molar-refractivity contribution >= 4 is 49.1 Å². The summed E-state index contributed by atoms with van der Waals surface area (Å²) in [7, 11) is 0. The standard InChI is InChI=1S/C14H12Br2ClNO/c15-10-2-1-3-12(8-10)19-7-6-18-14-5-4-11(16)9-13(14)17/h1-5,8-9,18H,6-7H2. The molecule has 0 aromatic heterocycles. The number of rotatable bonds is 5. The third kappa shape index (κ3) is 4.71. The number of ether oxygens (including phenoxy) is 1. The van der Waals surface area contributed by atoms with Crippen molar-refractivity contribution in [2.75, 3.05) is 18.5 Å². The molecule has 2 nitrogen and oxygen atoms in total. The lowest BCUT2D eigenvalue weighted by Crippen LogP contribution is -2.11. The first-order valence-corrected chi connectivity index (χ1v) is 7.69. The van der Waals surface area contributed by atoms with Crippen molar-refractivity contribution in [2.45, 2.75) is 0 Å². The van der Waals surface area contributed by atoms with Crippen molar-refractivity contribution < 1.29 is 4.74 Å². The molecule has 0 unspecified atom stereocenters. The van der Waals surface area contributed by atoms with Crippen LogP contribution in [0.5, 0.6) is 5.75 Å². The van der Waals surface area contributed by atoms with Gasteiger partial charge in [-0.3, -0.25) is 0 Å². The first kappa shape index (κ1) is 14.7. The molecule has 1 N–H and O–H groups in total. The van der Waals surface area contributed by atoms with Crippen molar-refractivity contribution in [3.05, 3.63) is 56.4 Å². The maximum Gasteiger partial charge on any atom is 0.120 e. The molecule has 0 bridgehead atoms. The molecule has 2 aromatic rings. The second-order valence-corrected chi connectivity index (χ2v) is 6.10. The van der Waals surface area contributed by atoms with E-state index in [0.29, 0.717) is 18.2 Å². The van der Waals surface area contributed by atoms with Crippen LogP contribution in [0.15, 0.2) is 51.4 Å². The van der Waals surface area contributed by atoms with Gasteiger partial charge < -0.3 is 10.1 Å². The van der Waals surface area contributed by atoms with Gasteiger partial charge in [-0.25, -0.2) is 0 Å². The van der Waals surface area contributed by atoms with Gasteiger partial charge in [0.25, 0.3) is 0 Å². The lowest BCUT2D eigenvalue weighted by Gasteiger charge is -2.10. The topological polar surface area (TPSA) is 21.3 Å². The van der Waals surface area contributed by atoms with Gasteiger partial charge in [-0.2, -0.15) is 0 Å². The fraction of sp³-hybridized carbons (Fsp3) is 0.143. The van der Waals surface area contributed by atoms with Crippen LogP contribution in [0.1, 0.15) is 0 Å². The third-order valence-corrected chi connectivity index (χ3v) is 3.71. The zero-order valence-electron chi connectivity index (χ0n) is 10.00. The van der Waals surface area contributed by atoms with Crippen LogP contribution in [0, 0.1) is 0 Å². The first-order valence-electron chi connectivity index (χ1n) is 5.72. The average Bonchev–Trinajstić information content (AvgIpc) is 2.37. The van der Waals surface area contributed by atoms with Crippen molar-refractivity contribution in [2.24, 2.45) is 0 Å². The van der Waals surface area contributed by atoms with Gasteiger partial charge in [-0.15, -0.1) is 0 Å². The number of hydrogen-bond acceptors (Lipinski definition) is 2. The summed E-state index contributed by atoms with van der Waals surface area (Å²) in [5, 5.41) is 3.93. The molecular weight excluding hydrogens is 393 g/mol. The minimum absolute atomic E-state index is 0.572. The minimum atomic E-state index is 0.572. The number of hydrogen-bond donors (Lipinski definition) is 1. The molecule has 0 spiro atoms. The van der Waals surface area contributed by atoms with Crippen LogP contribution in [-0.2, 0) is 0 Å². The molecule has 0 atom stereocenters. The van der Waals surface area contributed by atoms with Crippen LogP contribution in [-0.4, -0.2) is 13.2 Å². The van der Waals surface area contributed by atoms with Gasteiger partial charge >= 0.3 is 0 Å². The Morgan fingerprint density at radius 3 is 2.58 bits per heavy atom. The lowest BCUT2D eigenvalue weighted by molar-refractivity contribution is 0.332. The smallest absolute Gasteiger partial charge is 0.120 e. The SMILES string of the molecule is Clc1cc(Br)ccc1NCCOc1cccc(Br)c1. The highest BCUT2D eigenvalue weighted by molar-refractivity contribution is 9.10. The lowest BCUT2D eigenvalue weighted by atomic mass is 10.3. The van der Waals surface area contributed by atoms with Crippen molar-refractivity contribution in [3.63, 3.8) is 0 Å². The summed E-state index contributed by atoms with van der Waals surface area (Å²) < 4.78 is 7.60. The first-order chi connectivity index (χ1) is 9.15. The van der Waals surface area contributed by atoms with Crippen LogP contribution >= 0.6 is 43.5 Å². The Morgan fingerprint density at radius 2 is 1.84 bits per heavy atom. The summed E-state index contributed by atoms with van der Waals surface area (Å²) in [4.78, 5) is 0. The summed E-state index contributed by atoms with van der Waals surface area (Å²) >= 11 is 12.9. The van der Waals surface area contributed by atoms with E-state index in [9.17, 15) is 0 Å². The highest BCUT2D eigenvalue weighted by Gasteiger charge is 2.00. The molecule has 5 heteroatoms. The maximum atomic E-state index is 6.11. The fourth-order valence-corrected chi connectivity index (χ4v) is 2.66. The molecule has 0 saturated carbocycles. The molecule has 2 aromatic carbocycles. The Hall–Kier alpha value is -0.710. The Balaban J connectivity index is 1.81. The van der Waals surface area contributed by atoms with Gasteiger partial charge in [0.1, 0.15) is 12.4 Å². The molecule has 0 heterocycles. The summed E-state index contributed by atoms with van der Waals surface area (Å²) in [5.41, 5.74) is 0.905. The van der Waals surface area contributed by atoms with Gasteiger partial charge in [0, 0.05) is 15.5 Å². The van der Waals surface area contributed by atoms with Crippen LogP contribution in [0.4, 0.5) is 5.69 Å². The zero-order valence-corrected chi connectivity index (χ0v) is 13.9. The highest BCUT2D eigenvalue weighted by atomic mass is 79.9. The minimum Gasteiger partial charge on any atom is -0.492 e. The number of anilines is 1. The van der Waals surface area contributed by atoms with Gasteiger partial charge in [0.2, 0.25) is 0 Å². The molecule has 0 fully saturated rings. The maximum absolute atomic E-state index is 6.11. The van der Waals surface area contributed by atoms with Crippen molar-refractivity contribution in [3.8, 4) is 5.75 Å². The molecule has 19 heavy (non-hydrogen) atoms. The molecule has 0 radical (unpaired) electrons. The van der Waals surface area contributed by atoms with Crippen molar-refractivity contribution in [1.82, 2.24) is 0 Å². The molecule has 0 aliphatic rings. The monoisotopic (exact) mass is 403 g/mol. The van der Waals surface area contributed by atoms with Crippen molar-refractivity contribution in [1.29, 1.82) is 0 Å². The molecule has 2 rings (SSSR count). The van der Waals surface area contributed by atoms with E-state index >= 15 is 0 Å². The second-order valence-electron chi connectivity index (χ2n) is 3.86. The van der Waals surface area contributed by atoms with Crippen LogP contribution < -0.4 is 10.1 Å². The van der Waals surface area contributed by atoms with E-state index in [0.717, 1.165) is 20.4 Å². The predicted octanol–water partition coefficient (Wildman–Crippen LogP) is 5.36. The predicted molar refractivity (Wildman–Crippen MR) is 87.3 cm³/mol. The summed E-state index contributed by atoms with van der Waals surface area (Å²) in [6.07, 6.45) is 0. The van der Waals surface area contributed by atoms with E-state index in [-0.39, 0.29) is 0 Å². The van der Waals surface area contributed by atoms with E-state index in [2.05, 4.69) is 37.2 Å². The van der Waals surface area contributed by atoms with E-state index in [1.165, 1.54) is 0 Å². The van der Waals surface area contributed by atoms with Gasteiger partial charge in [-0.1, -0.05) is 49.5 Å². The summed E-state index contributed by atoms with van der Waals surface area (Å²) in [6, 6.07) is 13.5. The van der Waals surface area contributed by atoms with Crippen LogP contribution in [0.25, 0.3) is 0 Å². The quantitative estimate of drug-likeness (QED) is 0.677. The molecule has 0 amide bonds. The summed E-state index contributed by atoms with van der Waals surface area (Å²) in [6.45, 7) is 1.26. The third-order valence-electron chi connectivity index (χ3n) is 2.41. The average molecular weight is 406 g/mol. The normalized spacial score (nSPS) is 10.3. The Kier molecular flexibility index (Phi) is 5.55. The molecule has 0 aliphatic carbocycles. The second kappa shape index (κ2) is 7.17. The van der Waals surface area contributed by atoms with E-state index in [1.807, 2.05) is 42.5 Å². The number of nitrogens with one attached hydrogen (secondary N) is 1. The van der Waals surface area contributed by atoms with E-state index < -0.39 is 0 Å². The van der Waals surface area contributed by atoms with Gasteiger partial charge in [0.15, 0.2) is 0 Å². The zero-order chi connectivity index (χ0) is 13.7. The molecular formula is C14H12Br2ClNO. The van der Waals surface area contributed by atoms with Gasteiger partial charge in [0.05, 0.1) is 10.7 Å². The van der Waals surface area contributed by atoms with E-state index in [4.69, 9.17) is 16.3 Å². The van der Waals surface area contributed by atoms with E-state index in [1.54, 1.807) is 0 Å². The number of halogens is 3. The van der Waals surface area contributed by atoms with Gasteiger partial charge in [-0.05, 0) is 36.4 Å². The van der Waals surface area contributed by atoms with Crippen LogP contribution in [0.3, 0.4) is 0 Å². The molecule has 0 saturated heterocycles. The highest BCUT2D eigenvalue weighted by Crippen LogP contribution is 2.25. The Morgan fingerprint density at radius 1 is 1.05 bits per heavy atom. The Bertz CT molecular complexity index is 563.